The lowest BCUT2D eigenvalue weighted by atomic mass is 10.1. The van der Waals surface area contributed by atoms with Crippen molar-refractivity contribution in [1.82, 2.24) is 0 Å². The lowest BCUT2D eigenvalue weighted by Gasteiger charge is -2.07. The van der Waals surface area contributed by atoms with E-state index in [1.165, 1.54) is 6.21 Å². The summed E-state index contributed by atoms with van der Waals surface area (Å²) in [5.74, 6) is 5.17. The van der Waals surface area contributed by atoms with Gasteiger partial charge in [0.25, 0.3) is 0 Å². The van der Waals surface area contributed by atoms with Gasteiger partial charge in [-0.3, -0.25) is 0 Å². The zero-order valence-corrected chi connectivity index (χ0v) is 14.1. The minimum absolute atomic E-state index is 0.416. The number of rotatable bonds is 5. The van der Waals surface area contributed by atoms with E-state index in [1.54, 1.807) is 30.3 Å². The molecule has 4 heteroatoms. The van der Waals surface area contributed by atoms with E-state index in [9.17, 15) is 4.79 Å². The van der Waals surface area contributed by atoms with Crippen LogP contribution in [0.3, 0.4) is 0 Å². The van der Waals surface area contributed by atoms with E-state index >= 15 is 0 Å². The van der Waals surface area contributed by atoms with E-state index in [0.29, 0.717) is 16.9 Å². The first-order valence-corrected chi connectivity index (χ1v) is 8.14. The molecule has 0 fully saturated rings. The number of esters is 1. The third kappa shape index (κ3) is 4.45. The SMILES string of the molecule is NN=Cc1ccccc1OC(=O)c1ccc(C=Cc2ccccc2)cc1. The Bertz CT molecular complexity index is 930. The molecule has 0 aliphatic rings. The quantitative estimate of drug-likeness (QED) is 0.187. The highest BCUT2D eigenvalue weighted by Gasteiger charge is 2.10. The summed E-state index contributed by atoms with van der Waals surface area (Å²) < 4.78 is 5.45. The molecule has 3 aromatic carbocycles. The number of hydrogen-bond donors (Lipinski definition) is 1. The maximum Gasteiger partial charge on any atom is 0.343 e. The van der Waals surface area contributed by atoms with Gasteiger partial charge in [-0.2, -0.15) is 5.10 Å². The second-order valence-electron chi connectivity index (χ2n) is 5.57. The van der Waals surface area contributed by atoms with E-state index in [4.69, 9.17) is 10.6 Å². The second kappa shape index (κ2) is 8.44. The molecule has 0 unspecified atom stereocenters. The Morgan fingerprint density at radius 2 is 1.42 bits per heavy atom. The van der Waals surface area contributed by atoms with Crippen molar-refractivity contribution in [3.8, 4) is 5.75 Å². The number of benzene rings is 3. The smallest absolute Gasteiger partial charge is 0.343 e. The summed E-state index contributed by atoms with van der Waals surface area (Å²) in [6.07, 6.45) is 5.47. The number of ether oxygens (including phenoxy) is 1. The summed E-state index contributed by atoms with van der Waals surface area (Å²) >= 11 is 0. The van der Waals surface area contributed by atoms with Gasteiger partial charge in [0.15, 0.2) is 0 Å². The predicted molar refractivity (Wildman–Crippen MR) is 105 cm³/mol. The van der Waals surface area contributed by atoms with Crippen LogP contribution < -0.4 is 10.6 Å². The average molecular weight is 342 g/mol. The predicted octanol–water partition coefficient (Wildman–Crippen LogP) is 4.37. The third-order valence-electron chi connectivity index (χ3n) is 3.75. The number of para-hydroxylation sites is 1. The molecule has 0 atom stereocenters. The van der Waals surface area contributed by atoms with Gasteiger partial charge < -0.3 is 10.6 Å². The van der Waals surface area contributed by atoms with Crippen LogP contribution in [-0.2, 0) is 0 Å². The monoisotopic (exact) mass is 342 g/mol. The summed E-state index contributed by atoms with van der Waals surface area (Å²) in [4.78, 5) is 12.3. The molecule has 0 aliphatic heterocycles. The number of nitrogens with zero attached hydrogens (tertiary/aromatic N) is 1. The molecule has 3 rings (SSSR count). The second-order valence-corrected chi connectivity index (χ2v) is 5.57. The summed E-state index contributed by atoms with van der Waals surface area (Å²) in [5, 5.41) is 3.48. The fourth-order valence-corrected chi connectivity index (χ4v) is 2.41. The van der Waals surface area contributed by atoms with Crippen molar-refractivity contribution in [2.45, 2.75) is 0 Å². The molecule has 0 radical (unpaired) electrons. The molecule has 3 aromatic rings. The highest BCUT2D eigenvalue weighted by Crippen LogP contribution is 2.18. The van der Waals surface area contributed by atoms with Gasteiger partial charge in [-0.25, -0.2) is 4.79 Å². The molecular formula is C22H18N2O2. The van der Waals surface area contributed by atoms with Gasteiger partial charge in [0.05, 0.1) is 11.8 Å². The standard InChI is InChI=1S/C22H18N2O2/c23-24-16-20-8-4-5-9-21(20)26-22(25)19-14-12-18(13-15-19)11-10-17-6-2-1-3-7-17/h1-16H,23H2. The number of hydrazone groups is 1. The lowest BCUT2D eigenvalue weighted by molar-refractivity contribution is 0.0734. The van der Waals surface area contributed by atoms with Crippen LogP contribution in [-0.4, -0.2) is 12.2 Å². The van der Waals surface area contributed by atoms with Crippen LogP contribution in [0.15, 0.2) is 84.0 Å². The van der Waals surface area contributed by atoms with E-state index in [-0.39, 0.29) is 0 Å². The van der Waals surface area contributed by atoms with Gasteiger partial charge in [-0.1, -0.05) is 66.7 Å². The van der Waals surface area contributed by atoms with Crippen LogP contribution >= 0.6 is 0 Å². The number of hydrogen-bond acceptors (Lipinski definition) is 4. The normalized spacial score (nSPS) is 11.1. The zero-order valence-electron chi connectivity index (χ0n) is 14.1. The molecule has 0 spiro atoms. The highest BCUT2D eigenvalue weighted by atomic mass is 16.5. The first-order valence-electron chi connectivity index (χ1n) is 8.14. The molecule has 2 N–H and O–H groups in total. The Morgan fingerprint density at radius 1 is 0.808 bits per heavy atom. The van der Waals surface area contributed by atoms with Crippen molar-refractivity contribution in [3.63, 3.8) is 0 Å². The molecule has 128 valence electrons. The summed E-state index contributed by atoms with van der Waals surface area (Å²) in [5.41, 5.74) is 3.24. The average Bonchev–Trinajstić information content (AvgIpc) is 2.69. The van der Waals surface area contributed by atoms with Crippen LogP contribution in [0.1, 0.15) is 27.0 Å². The summed E-state index contributed by atoms with van der Waals surface area (Å²) in [6.45, 7) is 0. The number of nitrogens with two attached hydrogens (primary N) is 1. The Balaban J connectivity index is 1.70. The van der Waals surface area contributed by atoms with Gasteiger partial charge in [0.1, 0.15) is 5.75 Å². The largest absolute Gasteiger partial charge is 0.422 e. The first-order chi connectivity index (χ1) is 12.8. The van der Waals surface area contributed by atoms with E-state index in [0.717, 1.165) is 11.1 Å². The summed E-state index contributed by atoms with van der Waals surface area (Å²) in [6, 6.07) is 24.4. The minimum Gasteiger partial charge on any atom is -0.422 e. The van der Waals surface area contributed by atoms with Crippen LogP contribution in [0.25, 0.3) is 12.2 Å². The lowest BCUT2D eigenvalue weighted by Crippen LogP contribution is -2.09. The van der Waals surface area contributed by atoms with Crippen molar-refractivity contribution < 1.29 is 9.53 Å². The minimum atomic E-state index is -0.429. The Kier molecular flexibility index (Phi) is 5.58. The van der Waals surface area contributed by atoms with Crippen molar-refractivity contribution >= 4 is 24.3 Å². The third-order valence-corrected chi connectivity index (χ3v) is 3.75. The fourth-order valence-electron chi connectivity index (χ4n) is 2.41. The van der Waals surface area contributed by atoms with Crippen molar-refractivity contribution in [1.29, 1.82) is 0 Å². The fraction of sp³-hybridized carbons (Fsp3) is 0. The Labute approximate surface area is 152 Å². The van der Waals surface area contributed by atoms with Gasteiger partial charge >= 0.3 is 5.97 Å². The van der Waals surface area contributed by atoms with Crippen LogP contribution in [0.2, 0.25) is 0 Å². The van der Waals surface area contributed by atoms with E-state index < -0.39 is 5.97 Å². The molecule has 0 aliphatic carbocycles. The number of carbonyl (C=O) groups is 1. The topological polar surface area (TPSA) is 64.7 Å². The molecule has 0 heterocycles. The van der Waals surface area contributed by atoms with Crippen LogP contribution in [0.4, 0.5) is 0 Å². The van der Waals surface area contributed by atoms with Gasteiger partial charge in [-0.15, -0.1) is 0 Å². The molecule has 4 nitrogen and oxygen atoms in total. The molecule has 0 aromatic heterocycles. The van der Waals surface area contributed by atoms with Gasteiger partial charge in [0, 0.05) is 5.56 Å². The Morgan fingerprint density at radius 3 is 2.12 bits per heavy atom. The molecule has 0 saturated carbocycles. The number of carbonyl (C=O) groups excluding carboxylic acids is 1. The first kappa shape index (κ1) is 17.2. The van der Waals surface area contributed by atoms with Crippen molar-refractivity contribution in [2.75, 3.05) is 0 Å². The molecule has 0 amide bonds. The van der Waals surface area contributed by atoms with E-state index in [2.05, 4.69) is 5.10 Å². The molecular weight excluding hydrogens is 324 g/mol. The molecule has 0 bridgehead atoms. The highest BCUT2D eigenvalue weighted by molar-refractivity contribution is 5.93. The van der Waals surface area contributed by atoms with Crippen molar-refractivity contribution in [3.05, 3.63) is 101 Å². The summed E-state index contributed by atoms with van der Waals surface area (Å²) in [7, 11) is 0. The molecule has 0 saturated heterocycles. The maximum atomic E-state index is 12.3. The zero-order chi connectivity index (χ0) is 18.2. The van der Waals surface area contributed by atoms with Crippen LogP contribution in [0.5, 0.6) is 5.75 Å². The van der Waals surface area contributed by atoms with Crippen molar-refractivity contribution in [2.24, 2.45) is 10.9 Å². The maximum absolute atomic E-state index is 12.3. The Hall–Kier alpha value is -3.66. The molecule has 26 heavy (non-hydrogen) atoms. The van der Waals surface area contributed by atoms with Gasteiger partial charge in [0.2, 0.25) is 0 Å². The van der Waals surface area contributed by atoms with E-state index in [1.807, 2.05) is 60.7 Å². The van der Waals surface area contributed by atoms with Gasteiger partial charge in [-0.05, 0) is 35.4 Å². The van der Waals surface area contributed by atoms with Crippen LogP contribution in [0, 0.1) is 0 Å².